The summed E-state index contributed by atoms with van der Waals surface area (Å²) in [6, 6.07) is 22.5. The number of benzene rings is 2. The number of likely N-dealkylation sites (tertiary alicyclic amines) is 1. The molecule has 2 aromatic carbocycles. The van der Waals surface area contributed by atoms with Gasteiger partial charge < -0.3 is 19.5 Å². The first-order valence-corrected chi connectivity index (χ1v) is 15.5. The Morgan fingerprint density at radius 2 is 1.83 bits per heavy atom. The molecule has 0 radical (unpaired) electrons. The maximum atomic E-state index is 11.4. The van der Waals surface area contributed by atoms with Gasteiger partial charge in [0.05, 0.1) is 38.3 Å². The highest BCUT2D eigenvalue weighted by atomic mass is 16.5. The van der Waals surface area contributed by atoms with Gasteiger partial charge in [-0.1, -0.05) is 30.3 Å². The van der Waals surface area contributed by atoms with Crippen molar-refractivity contribution in [3.63, 3.8) is 0 Å². The van der Waals surface area contributed by atoms with E-state index in [4.69, 9.17) is 24.5 Å². The Bertz CT molecular complexity index is 1950. The largest absolute Gasteiger partial charge is 0.497 e. The van der Waals surface area contributed by atoms with Crippen LogP contribution in [0, 0.1) is 11.3 Å². The van der Waals surface area contributed by atoms with Crippen molar-refractivity contribution in [1.29, 1.82) is 5.26 Å². The molecule has 10 nitrogen and oxygen atoms in total. The second kappa shape index (κ2) is 12.2. The molecule has 1 fully saturated rings. The quantitative estimate of drug-likeness (QED) is 0.216. The van der Waals surface area contributed by atoms with Gasteiger partial charge in [0.1, 0.15) is 28.4 Å². The number of pyridine rings is 2. The zero-order valence-corrected chi connectivity index (χ0v) is 25.8. The lowest BCUT2D eigenvalue weighted by Gasteiger charge is -2.29. The molecule has 1 aliphatic heterocycles. The van der Waals surface area contributed by atoms with Gasteiger partial charge in [-0.25, -0.2) is 9.78 Å². The first-order valence-electron chi connectivity index (χ1n) is 15.5. The fourth-order valence-electron chi connectivity index (χ4n) is 6.81. The number of fused-ring (bicyclic) bond motifs is 2. The number of carboxylic acid groups (broad SMARTS) is 1. The minimum atomic E-state index is -0.868. The van der Waals surface area contributed by atoms with Gasteiger partial charge >= 0.3 is 6.09 Å². The Labute approximate surface area is 266 Å². The smallest absolute Gasteiger partial charge is 0.407 e. The number of aromatic nitrogens is 4. The molecule has 1 unspecified atom stereocenters. The van der Waals surface area contributed by atoms with Gasteiger partial charge in [-0.2, -0.15) is 10.4 Å². The Hall–Kier alpha value is -5.43. The van der Waals surface area contributed by atoms with E-state index >= 15 is 0 Å². The molecule has 232 valence electrons. The molecule has 0 spiro atoms. The second-order valence-corrected chi connectivity index (χ2v) is 11.9. The standard InChI is InChI=1S/C36H34N6O4/c1-45-26-10-6-22(7-11-26)21-42-31-18-32(46-2)34(29-5-3-4-27-24(19-37)8-12-28(27)29)39-35(31)33(40-42)25-9-13-30(38-20-25)23-14-16-41(17-15-23)36(43)44/h3-7,9-11,13,18,20,23-24H,8,12,14-17,21H2,1-2H3,(H,43,44). The molecule has 10 heteroatoms. The summed E-state index contributed by atoms with van der Waals surface area (Å²) in [7, 11) is 3.31. The van der Waals surface area contributed by atoms with Gasteiger partial charge in [0.25, 0.3) is 0 Å². The monoisotopic (exact) mass is 614 g/mol. The highest BCUT2D eigenvalue weighted by Gasteiger charge is 2.28. The summed E-state index contributed by atoms with van der Waals surface area (Å²) in [5.41, 5.74) is 9.06. The van der Waals surface area contributed by atoms with Gasteiger partial charge in [-0.3, -0.25) is 9.67 Å². The normalized spacial score (nSPS) is 16.3. The molecular formula is C36H34N6O4. The lowest BCUT2D eigenvalue weighted by atomic mass is 9.93. The molecule has 5 aromatic rings. The summed E-state index contributed by atoms with van der Waals surface area (Å²) >= 11 is 0. The number of carbonyl (C=O) groups is 1. The highest BCUT2D eigenvalue weighted by molar-refractivity contribution is 5.93. The van der Waals surface area contributed by atoms with E-state index in [1.165, 1.54) is 4.90 Å². The molecule has 1 aliphatic carbocycles. The molecule has 7 rings (SSSR count). The second-order valence-electron chi connectivity index (χ2n) is 11.9. The molecule has 0 saturated carbocycles. The zero-order valence-electron chi connectivity index (χ0n) is 25.8. The summed E-state index contributed by atoms with van der Waals surface area (Å²) in [5.74, 6) is 1.52. The summed E-state index contributed by atoms with van der Waals surface area (Å²) in [6.45, 7) is 1.54. The van der Waals surface area contributed by atoms with Gasteiger partial charge in [0.15, 0.2) is 0 Å². The van der Waals surface area contributed by atoms with Crippen LogP contribution in [0.25, 0.3) is 33.5 Å². The van der Waals surface area contributed by atoms with Crippen molar-refractivity contribution in [3.05, 3.63) is 89.2 Å². The molecule has 2 aliphatic rings. The number of piperidine rings is 1. The van der Waals surface area contributed by atoms with E-state index in [2.05, 4.69) is 12.1 Å². The van der Waals surface area contributed by atoms with Crippen molar-refractivity contribution in [2.24, 2.45) is 0 Å². The topological polar surface area (TPSA) is 126 Å². The van der Waals surface area contributed by atoms with Crippen LogP contribution in [0.1, 0.15) is 53.5 Å². The van der Waals surface area contributed by atoms with Crippen molar-refractivity contribution >= 4 is 17.1 Å². The Kier molecular flexibility index (Phi) is 7.74. The van der Waals surface area contributed by atoms with Crippen LogP contribution in [0.3, 0.4) is 0 Å². The number of hydrogen-bond donors (Lipinski definition) is 1. The van der Waals surface area contributed by atoms with Gasteiger partial charge in [-0.15, -0.1) is 0 Å². The maximum absolute atomic E-state index is 11.4. The van der Waals surface area contributed by atoms with Crippen molar-refractivity contribution in [3.8, 4) is 40.1 Å². The van der Waals surface area contributed by atoms with E-state index in [-0.39, 0.29) is 11.8 Å². The lowest BCUT2D eigenvalue weighted by molar-refractivity contribution is 0.131. The number of rotatable bonds is 7. The molecule has 1 N–H and O–H groups in total. The van der Waals surface area contributed by atoms with Crippen molar-refractivity contribution in [2.45, 2.75) is 44.1 Å². The van der Waals surface area contributed by atoms with E-state index in [1.807, 2.05) is 65.5 Å². The average molecular weight is 615 g/mol. The van der Waals surface area contributed by atoms with E-state index in [0.29, 0.717) is 25.4 Å². The number of hydrogen-bond acceptors (Lipinski definition) is 7. The zero-order chi connectivity index (χ0) is 31.8. The molecule has 1 atom stereocenters. The van der Waals surface area contributed by atoms with Crippen LogP contribution in [0.2, 0.25) is 0 Å². The van der Waals surface area contributed by atoms with E-state index in [9.17, 15) is 15.2 Å². The number of methoxy groups -OCH3 is 2. The minimum Gasteiger partial charge on any atom is -0.497 e. The van der Waals surface area contributed by atoms with E-state index in [1.54, 1.807) is 14.2 Å². The molecule has 46 heavy (non-hydrogen) atoms. The predicted octanol–water partition coefficient (Wildman–Crippen LogP) is 6.64. The van der Waals surface area contributed by atoms with Crippen molar-refractivity contribution in [2.75, 3.05) is 27.3 Å². The summed E-state index contributed by atoms with van der Waals surface area (Å²) in [6.07, 6.45) is 4.08. The van der Waals surface area contributed by atoms with Gasteiger partial charge in [-0.05, 0) is 66.6 Å². The molecule has 1 saturated heterocycles. The Morgan fingerprint density at radius 1 is 1.02 bits per heavy atom. The predicted molar refractivity (Wildman–Crippen MR) is 173 cm³/mol. The van der Waals surface area contributed by atoms with Crippen LogP contribution in [0.4, 0.5) is 4.79 Å². The Morgan fingerprint density at radius 3 is 2.50 bits per heavy atom. The fourth-order valence-corrected chi connectivity index (χ4v) is 6.81. The molecular weight excluding hydrogens is 580 g/mol. The number of ether oxygens (including phenoxy) is 2. The Balaban J connectivity index is 1.32. The van der Waals surface area contributed by atoms with Gasteiger partial charge in [0.2, 0.25) is 0 Å². The lowest BCUT2D eigenvalue weighted by Crippen LogP contribution is -2.36. The van der Waals surface area contributed by atoms with E-state index < -0.39 is 6.09 Å². The van der Waals surface area contributed by atoms with Crippen LogP contribution in [-0.4, -0.2) is 63.2 Å². The third-order valence-corrected chi connectivity index (χ3v) is 9.33. The summed E-state index contributed by atoms with van der Waals surface area (Å²) in [5, 5.41) is 24.1. The first-order chi connectivity index (χ1) is 22.5. The van der Waals surface area contributed by atoms with E-state index in [0.717, 1.165) is 87.4 Å². The maximum Gasteiger partial charge on any atom is 0.407 e. The van der Waals surface area contributed by atoms with Crippen LogP contribution >= 0.6 is 0 Å². The summed E-state index contributed by atoms with van der Waals surface area (Å²) < 4.78 is 13.2. The molecule has 1 amide bonds. The number of amides is 1. The number of nitriles is 1. The fraction of sp³-hybridized carbons (Fsp3) is 0.306. The van der Waals surface area contributed by atoms with Crippen LogP contribution in [0.5, 0.6) is 11.5 Å². The average Bonchev–Trinajstić information content (AvgIpc) is 3.69. The van der Waals surface area contributed by atoms with Crippen LogP contribution in [0.15, 0.2) is 66.9 Å². The van der Waals surface area contributed by atoms with Crippen LogP contribution in [-0.2, 0) is 13.0 Å². The molecule has 4 heterocycles. The third kappa shape index (κ3) is 5.28. The van der Waals surface area contributed by atoms with Crippen molar-refractivity contribution in [1.82, 2.24) is 24.6 Å². The minimum absolute atomic E-state index is 0.117. The highest BCUT2D eigenvalue weighted by Crippen LogP contribution is 2.42. The van der Waals surface area contributed by atoms with Gasteiger partial charge in [0, 0.05) is 48.1 Å². The molecule has 3 aromatic heterocycles. The van der Waals surface area contributed by atoms with Crippen LogP contribution < -0.4 is 9.47 Å². The third-order valence-electron chi connectivity index (χ3n) is 9.33. The number of nitrogens with zero attached hydrogens (tertiary/aromatic N) is 6. The molecule has 0 bridgehead atoms. The SMILES string of the molecule is COc1ccc(Cn2nc(-c3ccc(C4CCN(C(=O)O)CC4)nc3)c3nc(-c4cccc5c4CCC5C#N)c(OC)cc32)cc1. The summed E-state index contributed by atoms with van der Waals surface area (Å²) in [4.78, 5) is 22.9. The van der Waals surface area contributed by atoms with Crippen molar-refractivity contribution < 1.29 is 19.4 Å². The first kappa shape index (κ1) is 29.3.